The molecule has 1 aromatic heterocycles. The molecule has 0 radical (unpaired) electrons. The van der Waals surface area contributed by atoms with Crippen LogP contribution in [0.3, 0.4) is 0 Å². The lowest BCUT2D eigenvalue weighted by Crippen LogP contribution is -2.45. The lowest BCUT2D eigenvalue weighted by atomic mass is 9.97. The Hall–Kier alpha value is -5.65. The molecule has 1 N–H and O–H groups in total. The van der Waals surface area contributed by atoms with Gasteiger partial charge in [-0.2, -0.15) is 23.0 Å². The quantitative estimate of drug-likeness (QED) is 0.0859. The zero-order chi connectivity index (χ0) is 38.5. The summed E-state index contributed by atoms with van der Waals surface area (Å²) < 4.78 is 81.4. The van der Waals surface area contributed by atoms with E-state index >= 15 is 4.39 Å². The number of halogens is 4. The second-order valence-corrected chi connectivity index (χ2v) is 12.3. The summed E-state index contributed by atoms with van der Waals surface area (Å²) in [7, 11) is 1.41. The van der Waals surface area contributed by atoms with E-state index < -0.39 is 58.4 Å². The Labute approximate surface area is 306 Å². The Morgan fingerprint density at radius 3 is 2.59 bits per heavy atom. The highest BCUT2D eigenvalue weighted by molar-refractivity contribution is 6.02. The number of ether oxygens (including phenoxy) is 4. The largest absolute Gasteiger partial charge is 0.494 e. The Morgan fingerprint density at radius 1 is 1.09 bits per heavy atom. The monoisotopic (exact) mass is 752 g/mol. The fourth-order valence-corrected chi connectivity index (χ4v) is 6.06. The Bertz CT molecular complexity index is 2180. The molecule has 1 fully saturated rings. The number of hydrogen-bond donors (Lipinski definition) is 1. The second-order valence-electron chi connectivity index (χ2n) is 12.3. The smallest absolute Gasteiger partial charge is 0.418 e. The van der Waals surface area contributed by atoms with Crippen LogP contribution in [-0.4, -0.2) is 77.9 Å². The summed E-state index contributed by atoms with van der Waals surface area (Å²) in [6.45, 7) is 7.54. The van der Waals surface area contributed by atoms with E-state index in [0.717, 1.165) is 56.4 Å². The van der Waals surface area contributed by atoms with Crippen molar-refractivity contribution in [1.29, 1.82) is 0 Å². The lowest BCUT2D eigenvalue weighted by Gasteiger charge is -2.35. The van der Waals surface area contributed by atoms with Crippen LogP contribution in [0.5, 0.6) is 11.5 Å². The predicted octanol–water partition coefficient (Wildman–Crippen LogP) is 5.08. The summed E-state index contributed by atoms with van der Waals surface area (Å²) >= 11 is 0. The maximum absolute atomic E-state index is 15.7. The molecule has 284 valence electrons. The summed E-state index contributed by atoms with van der Waals surface area (Å²) in [6.07, 6.45) is -1.24. The van der Waals surface area contributed by atoms with Crippen LogP contribution in [-0.2, 0) is 28.0 Å². The van der Waals surface area contributed by atoms with Crippen LogP contribution < -0.4 is 26.0 Å². The summed E-state index contributed by atoms with van der Waals surface area (Å²) in [5, 5.41) is 6.05. The Kier molecular flexibility index (Phi) is 11.4. The maximum atomic E-state index is 15.7. The van der Waals surface area contributed by atoms with Crippen LogP contribution in [0.1, 0.15) is 34.5 Å². The van der Waals surface area contributed by atoms with Gasteiger partial charge in [0.15, 0.2) is 11.6 Å². The van der Waals surface area contributed by atoms with Gasteiger partial charge in [-0.1, -0.05) is 18.2 Å². The first-order valence-electron chi connectivity index (χ1n) is 16.9. The van der Waals surface area contributed by atoms with Gasteiger partial charge in [0.25, 0.3) is 11.5 Å². The molecular weight excluding hydrogens is 716 g/mol. The van der Waals surface area contributed by atoms with Crippen molar-refractivity contribution < 1.29 is 41.3 Å². The van der Waals surface area contributed by atoms with E-state index in [1.54, 1.807) is 24.4 Å². The van der Waals surface area contributed by atoms with Crippen molar-refractivity contribution in [2.45, 2.75) is 31.3 Å². The van der Waals surface area contributed by atoms with Crippen molar-refractivity contribution in [2.24, 2.45) is 4.99 Å². The van der Waals surface area contributed by atoms with Crippen LogP contribution in [0, 0.1) is 5.82 Å². The number of carbonyl (C=O) groups excluding carboxylic acids is 1. The number of aromatic nitrogens is 3. The Balaban J connectivity index is 1.22. The minimum atomic E-state index is -4.89. The average Bonchev–Trinajstić information content (AvgIpc) is 3.16. The highest BCUT2D eigenvalue weighted by Gasteiger charge is 2.40. The molecule has 54 heavy (non-hydrogen) atoms. The number of carbonyl (C=O) groups is 1. The molecule has 0 aliphatic carbocycles. The number of nitrogens with zero attached hydrogens (tertiary/aromatic N) is 5. The number of para-hydroxylation sites is 1. The van der Waals surface area contributed by atoms with Gasteiger partial charge in [-0.15, -0.1) is 6.58 Å². The molecule has 0 bridgehead atoms. The zero-order valence-electron chi connectivity index (χ0n) is 29.1. The minimum absolute atomic E-state index is 0.116. The fraction of sp³-hybridized carbons (Fsp3) is 0.324. The van der Waals surface area contributed by atoms with Crippen LogP contribution in [0.25, 0.3) is 5.69 Å². The number of methoxy groups -OCH3 is 1. The molecule has 1 saturated heterocycles. The number of fused-ring (bicyclic) bond motifs is 1. The van der Waals surface area contributed by atoms with E-state index in [4.69, 9.17) is 18.9 Å². The van der Waals surface area contributed by atoms with Gasteiger partial charge in [-0.05, 0) is 48.9 Å². The van der Waals surface area contributed by atoms with E-state index in [0.29, 0.717) is 46.1 Å². The number of hydrogen-bond acceptors (Lipinski definition) is 10. The first-order valence-corrected chi connectivity index (χ1v) is 16.9. The molecule has 3 heterocycles. The molecule has 0 spiro atoms. The van der Waals surface area contributed by atoms with Crippen molar-refractivity contribution in [1.82, 2.24) is 19.2 Å². The number of morpholine rings is 1. The van der Waals surface area contributed by atoms with E-state index in [1.165, 1.54) is 25.3 Å². The maximum Gasteiger partial charge on any atom is 0.418 e. The first kappa shape index (κ1) is 38.1. The van der Waals surface area contributed by atoms with Gasteiger partial charge in [-0.25, -0.2) is 9.18 Å². The standard InChI is InChI=1S/C37H36F4N6O7/c1-3-15-46-34(49)32(44-47(35(46)50)30-8-5-4-7-26(30)37(39,40)41)33(48)43-24-9-12-31(28(38)22-24)54-36(51-2)13-14-42-29-11-10-25(23-27(29)36)53-19-6-16-45-17-20-52-21-18-45/h3-5,7-12,14,22-23H,1,6,13,15-21H2,2H3,(H,43,48). The topological polar surface area (TPSA) is 139 Å². The van der Waals surface area contributed by atoms with Crippen molar-refractivity contribution in [2.75, 3.05) is 51.9 Å². The number of allylic oxidation sites excluding steroid dienone is 1. The SMILES string of the molecule is C=CCn1c(=O)c(C(=O)Nc2ccc(OC3(OC)CC=Nc4ccc(OCCCN5CCOCC5)cc43)c(F)c2)nn(-c2ccccc2C(F)(F)F)c1=O. The molecule has 3 aromatic carbocycles. The van der Waals surface area contributed by atoms with Crippen LogP contribution in [0.4, 0.5) is 28.9 Å². The molecule has 2 aliphatic rings. The van der Waals surface area contributed by atoms with Gasteiger partial charge in [-0.3, -0.25) is 24.0 Å². The average molecular weight is 753 g/mol. The third-order valence-electron chi connectivity index (χ3n) is 8.78. The number of nitrogens with one attached hydrogen (secondary N) is 1. The normalized spacial score (nSPS) is 17.1. The summed E-state index contributed by atoms with van der Waals surface area (Å²) in [4.78, 5) is 46.4. The van der Waals surface area contributed by atoms with Crippen molar-refractivity contribution in [3.05, 3.63) is 117 Å². The summed E-state index contributed by atoms with van der Waals surface area (Å²) in [5.74, 6) is -3.35. The van der Waals surface area contributed by atoms with Crippen molar-refractivity contribution in [3.8, 4) is 17.2 Å². The number of anilines is 1. The predicted molar refractivity (Wildman–Crippen MR) is 190 cm³/mol. The molecule has 0 saturated carbocycles. The number of rotatable bonds is 13. The van der Waals surface area contributed by atoms with E-state index in [9.17, 15) is 27.6 Å². The van der Waals surface area contributed by atoms with Crippen LogP contribution in [0.2, 0.25) is 0 Å². The highest BCUT2D eigenvalue weighted by atomic mass is 19.4. The summed E-state index contributed by atoms with van der Waals surface area (Å²) in [6, 6.07) is 12.7. The van der Waals surface area contributed by atoms with Gasteiger partial charge in [0.1, 0.15) is 5.75 Å². The Morgan fingerprint density at radius 2 is 1.87 bits per heavy atom. The van der Waals surface area contributed by atoms with Crippen molar-refractivity contribution >= 4 is 23.5 Å². The van der Waals surface area contributed by atoms with Gasteiger partial charge >= 0.3 is 11.9 Å². The number of aliphatic imine (C=N–C) groups is 1. The number of alkyl halides is 3. The molecule has 1 atom stereocenters. The van der Waals surface area contributed by atoms with Crippen LogP contribution in [0.15, 0.2) is 87.9 Å². The summed E-state index contributed by atoms with van der Waals surface area (Å²) in [5.41, 5.74) is -4.41. The second kappa shape index (κ2) is 16.2. The zero-order valence-corrected chi connectivity index (χ0v) is 29.1. The molecule has 1 unspecified atom stereocenters. The lowest BCUT2D eigenvalue weighted by molar-refractivity contribution is -0.167. The third kappa shape index (κ3) is 8.12. The third-order valence-corrected chi connectivity index (χ3v) is 8.78. The first-order chi connectivity index (χ1) is 25.9. The van der Waals surface area contributed by atoms with Crippen LogP contribution >= 0.6 is 0 Å². The molecule has 17 heteroatoms. The minimum Gasteiger partial charge on any atom is -0.494 e. The van der Waals surface area contributed by atoms with Gasteiger partial charge in [0.05, 0.1) is 48.7 Å². The van der Waals surface area contributed by atoms with E-state index in [-0.39, 0.29) is 17.9 Å². The number of benzene rings is 3. The molecule has 13 nitrogen and oxygen atoms in total. The van der Waals surface area contributed by atoms with Gasteiger partial charge < -0.3 is 24.3 Å². The number of amides is 1. The molecular formula is C37H36F4N6O7. The van der Waals surface area contributed by atoms with E-state index in [1.807, 2.05) is 0 Å². The van der Waals surface area contributed by atoms with E-state index in [2.05, 4.69) is 26.9 Å². The molecule has 1 amide bonds. The molecule has 6 rings (SSSR count). The van der Waals surface area contributed by atoms with Gasteiger partial charge in [0.2, 0.25) is 11.5 Å². The molecule has 2 aliphatic heterocycles. The fourth-order valence-electron chi connectivity index (χ4n) is 6.06. The van der Waals surface area contributed by atoms with Gasteiger partial charge in [0, 0.05) is 51.3 Å². The molecule has 4 aromatic rings. The van der Waals surface area contributed by atoms with Crippen molar-refractivity contribution in [3.63, 3.8) is 0 Å². The highest BCUT2D eigenvalue weighted by Crippen LogP contribution is 2.42.